The molecule has 6 heteroatoms. The molecule has 0 fully saturated rings. The van der Waals surface area contributed by atoms with Gasteiger partial charge in [0.2, 0.25) is 5.91 Å². The number of nitrogens with zero attached hydrogens (tertiary/aromatic N) is 2. The van der Waals surface area contributed by atoms with Crippen LogP contribution in [0.4, 0.5) is 5.82 Å². The lowest BCUT2D eigenvalue weighted by molar-refractivity contribution is -0.113. The Morgan fingerprint density at radius 2 is 1.83 bits per heavy atom. The van der Waals surface area contributed by atoms with E-state index in [4.69, 9.17) is 11.6 Å². The van der Waals surface area contributed by atoms with Crippen molar-refractivity contribution in [2.45, 2.75) is 11.4 Å². The quantitative estimate of drug-likeness (QED) is 0.668. The fourth-order valence-corrected chi connectivity index (χ4v) is 3.24. The number of halogens is 1. The van der Waals surface area contributed by atoms with Crippen molar-refractivity contribution in [1.82, 2.24) is 9.78 Å². The maximum Gasteiger partial charge on any atom is 0.235 e. The monoisotopic (exact) mass is 357 g/mol. The van der Waals surface area contributed by atoms with Gasteiger partial charge in [0.25, 0.3) is 0 Å². The van der Waals surface area contributed by atoms with Gasteiger partial charge in [-0.05, 0) is 17.7 Å². The van der Waals surface area contributed by atoms with Crippen LogP contribution in [0.1, 0.15) is 5.56 Å². The number of hydrogen-bond donors (Lipinski definition) is 1. The molecule has 0 radical (unpaired) electrons. The number of aromatic nitrogens is 2. The Balaban J connectivity index is 1.59. The molecule has 0 saturated heterocycles. The van der Waals surface area contributed by atoms with Gasteiger partial charge in [0.1, 0.15) is 5.82 Å². The summed E-state index contributed by atoms with van der Waals surface area (Å²) in [7, 11) is 0. The van der Waals surface area contributed by atoms with Gasteiger partial charge in [0, 0.05) is 11.0 Å². The van der Waals surface area contributed by atoms with Gasteiger partial charge >= 0.3 is 0 Å². The van der Waals surface area contributed by atoms with Crippen LogP contribution in [0.5, 0.6) is 0 Å². The van der Waals surface area contributed by atoms with Crippen LogP contribution in [0.2, 0.25) is 5.02 Å². The topological polar surface area (TPSA) is 46.9 Å². The van der Waals surface area contributed by atoms with E-state index in [1.165, 1.54) is 11.8 Å². The smallest absolute Gasteiger partial charge is 0.235 e. The molecule has 4 nitrogen and oxygen atoms in total. The van der Waals surface area contributed by atoms with E-state index >= 15 is 0 Å². The minimum atomic E-state index is -0.0882. The van der Waals surface area contributed by atoms with Crippen LogP contribution in [-0.4, -0.2) is 21.4 Å². The molecule has 0 atom stereocenters. The SMILES string of the molecule is O=C(CSc1ccccc1Cl)Nc1ccnn1Cc1ccccc1. The van der Waals surface area contributed by atoms with Crippen molar-refractivity contribution in [3.8, 4) is 0 Å². The predicted octanol–water partition coefficient (Wildman–Crippen LogP) is 4.32. The summed E-state index contributed by atoms with van der Waals surface area (Å²) in [6, 6.07) is 19.3. The maximum absolute atomic E-state index is 12.2. The van der Waals surface area contributed by atoms with Crippen LogP contribution in [0, 0.1) is 0 Å². The molecule has 0 aliphatic rings. The highest BCUT2D eigenvalue weighted by atomic mass is 35.5. The first-order valence-corrected chi connectivity index (χ1v) is 8.81. The average Bonchev–Trinajstić information content (AvgIpc) is 3.02. The van der Waals surface area contributed by atoms with Crippen molar-refractivity contribution in [3.05, 3.63) is 77.4 Å². The van der Waals surface area contributed by atoms with Gasteiger partial charge in [-0.2, -0.15) is 5.10 Å². The van der Waals surface area contributed by atoms with E-state index in [2.05, 4.69) is 10.4 Å². The molecule has 122 valence electrons. The molecular formula is C18H16ClN3OS. The van der Waals surface area contributed by atoms with Crippen molar-refractivity contribution in [2.75, 3.05) is 11.1 Å². The standard InChI is InChI=1S/C18H16ClN3OS/c19-15-8-4-5-9-16(15)24-13-18(23)21-17-10-11-20-22(17)12-14-6-2-1-3-7-14/h1-11H,12-13H2,(H,21,23). The summed E-state index contributed by atoms with van der Waals surface area (Å²) in [5.74, 6) is 0.888. The highest BCUT2D eigenvalue weighted by molar-refractivity contribution is 8.00. The largest absolute Gasteiger partial charge is 0.310 e. The minimum absolute atomic E-state index is 0.0882. The van der Waals surface area contributed by atoms with E-state index in [1.54, 1.807) is 16.9 Å². The van der Waals surface area contributed by atoms with Gasteiger partial charge in [0.05, 0.1) is 23.5 Å². The van der Waals surface area contributed by atoms with Gasteiger partial charge in [-0.1, -0.05) is 54.1 Å². The molecule has 0 saturated carbocycles. The Kier molecular flexibility index (Phi) is 5.56. The Labute approximate surface area is 149 Å². The van der Waals surface area contributed by atoms with E-state index in [-0.39, 0.29) is 5.91 Å². The van der Waals surface area contributed by atoms with E-state index in [0.29, 0.717) is 23.1 Å². The Morgan fingerprint density at radius 3 is 2.62 bits per heavy atom. The summed E-state index contributed by atoms with van der Waals surface area (Å²) in [6.45, 7) is 0.612. The molecule has 0 unspecified atom stereocenters. The number of rotatable bonds is 6. The molecule has 0 aliphatic heterocycles. The second-order valence-corrected chi connectivity index (χ2v) is 6.55. The third-order valence-corrected chi connectivity index (χ3v) is 4.87. The number of amides is 1. The molecule has 1 N–H and O–H groups in total. The van der Waals surface area contributed by atoms with Crippen LogP contribution in [0.15, 0.2) is 71.8 Å². The van der Waals surface area contributed by atoms with Crippen molar-refractivity contribution >= 4 is 35.1 Å². The Morgan fingerprint density at radius 1 is 1.08 bits per heavy atom. The van der Waals surface area contributed by atoms with Crippen molar-refractivity contribution < 1.29 is 4.79 Å². The van der Waals surface area contributed by atoms with Crippen LogP contribution in [0.3, 0.4) is 0 Å². The summed E-state index contributed by atoms with van der Waals surface area (Å²) in [5.41, 5.74) is 1.13. The molecule has 3 rings (SSSR count). The van der Waals surface area contributed by atoms with E-state index in [9.17, 15) is 4.79 Å². The molecule has 1 aromatic heterocycles. The lowest BCUT2D eigenvalue weighted by Crippen LogP contribution is -2.17. The lowest BCUT2D eigenvalue weighted by Gasteiger charge is -2.09. The number of anilines is 1. The van der Waals surface area contributed by atoms with Gasteiger partial charge < -0.3 is 5.32 Å². The number of benzene rings is 2. The summed E-state index contributed by atoms with van der Waals surface area (Å²) in [6.07, 6.45) is 1.68. The van der Waals surface area contributed by atoms with E-state index in [0.717, 1.165) is 10.5 Å². The highest BCUT2D eigenvalue weighted by Crippen LogP contribution is 2.26. The molecule has 3 aromatic rings. The third-order valence-electron chi connectivity index (χ3n) is 3.35. The first kappa shape index (κ1) is 16.6. The molecule has 2 aromatic carbocycles. The van der Waals surface area contributed by atoms with Gasteiger partial charge in [-0.15, -0.1) is 11.8 Å². The van der Waals surface area contributed by atoms with Crippen LogP contribution in [0.25, 0.3) is 0 Å². The Hall–Kier alpha value is -2.24. The zero-order chi connectivity index (χ0) is 16.8. The molecule has 0 aliphatic carbocycles. The van der Waals surface area contributed by atoms with Gasteiger partial charge in [-0.3, -0.25) is 4.79 Å². The third kappa shape index (κ3) is 4.40. The highest BCUT2D eigenvalue weighted by Gasteiger charge is 2.09. The van der Waals surface area contributed by atoms with Crippen molar-refractivity contribution in [2.24, 2.45) is 0 Å². The molecule has 0 spiro atoms. The molecule has 1 heterocycles. The molecule has 0 bridgehead atoms. The second-order valence-electron chi connectivity index (χ2n) is 5.13. The zero-order valence-electron chi connectivity index (χ0n) is 12.9. The van der Waals surface area contributed by atoms with Crippen LogP contribution < -0.4 is 5.32 Å². The first-order chi connectivity index (χ1) is 11.7. The first-order valence-electron chi connectivity index (χ1n) is 7.45. The number of nitrogens with one attached hydrogen (secondary N) is 1. The number of carbonyl (C=O) groups is 1. The van der Waals surface area contributed by atoms with E-state index in [1.807, 2.05) is 54.6 Å². The molecule has 1 amide bonds. The van der Waals surface area contributed by atoms with E-state index < -0.39 is 0 Å². The van der Waals surface area contributed by atoms with Crippen LogP contribution in [-0.2, 0) is 11.3 Å². The summed E-state index contributed by atoms with van der Waals surface area (Å²) in [4.78, 5) is 13.1. The summed E-state index contributed by atoms with van der Waals surface area (Å²) < 4.78 is 1.77. The lowest BCUT2D eigenvalue weighted by atomic mass is 10.2. The second kappa shape index (κ2) is 8.04. The van der Waals surface area contributed by atoms with Crippen LogP contribution >= 0.6 is 23.4 Å². The Bertz CT molecular complexity index is 820. The minimum Gasteiger partial charge on any atom is -0.310 e. The molecule has 24 heavy (non-hydrogen) atoms. The number of thioether (sulfide) groups is 1. The number of carbonyl (C=O) groups excluding carboxylic acids is 1. The fraction of sp³-hybridized carbons (Fsp3) is 0.111. The number of hydrogen-bond acceptors (Lipinski definition) is 3. The normalized spacial score (nSPS) is 10.5. The van der Waals surface area contributed by atoms with Crippen molar-refractivity contribution in [3.63, 3.8) is 0 Å². The average molecular weight is 358 g/mol. The summed E-state index contributed by atoms with van der Waals surface area (Å²) >= 11 is 7.51. The zero-order valence-corrected chi connectivity index (χ0v) is 14.4. The maximum atomic E-state index is 12.2. The van der Waals surface area contributed by atoms with Gasteiger partial charge in [0.15, 0.2) is 0 Å². The predicted molar refractivity (Wildman–Crippen MR) is 98.6 cm³/mol. The molecular weight excluding hydrogens is 342 g/mol. The van der Waals surface area contributed by atoms with Crippen molar-refractivity contribution in [1.29, 1.82) is 0 Å². The summed E-state index contributed by atoms with van der Waals surface area (Å²) in [5, 5.41) is 7.83. The fourth-order valence-electron chi connectivity index (χ4n) is 2.21. The van der Waals surface area contributed by atoms with Gasteiger partial charge in [-0.25, -0.2) is 4.68 Å².